The fourth-order valence-electron chi connectivity index (χ4n) is 1.61. The Morgan fingerprint density at radius 2 is 2.13 bits per heavy atom. The van der Waals surface area contributed by atoms with Gasteiger partial charge < -0.3 is 10.5 Å². The van der Waals surface area contributed by atoms with Crippen LogP contribution in [0.25, 0.3) is 0 Å². The number of hydrogen-bond acceptors (Lipinski definition) is 4. The minimum Gasteiger partial charge on any atom is -0.466 e. The molecule has 0 rings (SSSR count). The monoisotopic (exact) mass is 233 g/mol. The summed E-state index contributed by atoms with van der Waals surface area (Å²) in [5.74, 6) is 1.01. The van der Waals surface area contributed by atoms with Gasteiger partial charge in [0.1, 0.15) is 0 Å². The molecule has 0 aliphatic rings. The molecule has 0 aromatic heterocycles. The highest BCUT2D eigenvalue weighted by molar-refractivity contribution is 7.98. The van der Waals surface area contributed by atoms with Crippen LogP contribution in [0.15, 0.2) is 0 Å². The molecule has 0 aromatic rings. The zero-order valence-electron chi connectivity index (χ0n) is 10.2. The van der Waals surface area contributed by atoms with Crippen molar-refractivity contribution in [2.45, 2.75) is 27.2 Å². The van der Waals surface area contributed by atoms with Gasteiger partial charge >= 0.3 is 5.97 Å². The number of thioether (sulfide) groups is 1. The first kappa shape index (κ1) is 14.8. The van der Waals surface area contributed by atoms with Gasteiger partial charge in [-0.2, -0.15) is 11.8 Å². The predicted molar refractivity (Wildman–Crippen MR) is 66.0 cm³/mol. The van der Waals surface area contributed by atoms with Crippen molar-refractivity contribution in [1.29, 1.82) is 0 Å². The molecule has 15 heavy (non-hydrogen) atoms. The Bertz CT molecular complexity index is 197. The van der Waals surface area contributed by atoms with E-state index in [2.05, 4.69) is 0 Å². The van der Waals surface area contributed by atoms with Crippen LogP contribution in [-0.4, -0.2) is 31.1 Å². The second kappa shape index (κ2) is 7.12. The first-order valence-electron chi connectivity index (χ1n) is 5.41. The number of esters is 1. The molecule has 0 aliphatic carbocycles. The lowest BCUT2D eigenvalue weighted by atomic mass is 9.75. The van der Waals surface area contributed by atoms with Gasteiger partial charge in [-0.25, -0.2) is 0 Å². The Morgan fingerprint density at radius 1 is 1.53 bits per heavy atom. The Labute approximate surface area is 97.1 Å². The van der Waals surface area contributed by atoms with Crippen LogP contribution in [0.3, 0.4) is 0 Å². The number of ether oxygens (including phenoxy) is 1. The molecule has 0 saturated carbocycles. The topological polar surface area (TPSA) is 52.3 Å². The van der Waals surface area contributed by atoms with E-state index < -0.39 is 5.41 Å². The minimum atomic E-state index is -0.501. The number of rotatable bonds is 7. The highest BCUT2D eigenvalue weighted by Crippen LogP contribution is 2.33. The van der Waals surface area contributed by atoms with Crippen molar-refractivity contribution in [3.63, 3.8) is 0 Å². The summed E-state index contributed by atoms with van der Waals surface area (Å²) in [5.41, 5.74) is 5.27. The normalized spacial score (nSPS) is 15.1. The van der Waals surface area contributed by atoms with Gasteiger partial charge in [-0.05, 0) is 31.3 Å². The molecule has 0 amide bonds. The Kier molecular flexibility index (Phi) is 7.02. The summed E-state index contributed by atoms with van der Waals surface area (Å²) in [6.07, 6.45) is 2.83. The standard InChI is InChI=1S/C11H23NO2S/c1-5-14-10(13)11(8-12,9(2)3)6-7-15-4/h9H,5-8,12H2,1-4H3. The summed E-state index contributed by atoms with van der Waals surface area (Å²) in [6, 6.07) is 0. The van der Waals surface area contributed by atoms with Crippen LogP contribution in [0, 0.1) is 11.3 Å². The van der Waals surface area contributed by atoms with E-state index in [0.29, 0.717) is 13.2 Å². The molecule has 3 nitrogen and oxygen atoms in total. The molecule has 0 saturated heterocycles. The Balaban J connectivity index is 4.71. The van der Waals surface area contributed by atoms with Crippen LogP contribution in [0.4, 0.5) is 0 Å². The lowest BCUT2D eigenvalue weighted by Gasteiger charge is -2.33. The van der Waals surface area contributed by atoms with E-state index in [9.17, 15) is 4.79 Å². The summed E-state index contributed by atoms with van der Waals surface area (Å²) in [7, 11) is 0. The lowest BCUT2D eigenvalue weighted by molar-refractivity contribution is -0.158. The van der Waals surface area contributed by atoms with E-state index >= 15 is 0 Å². The van der Waals surface area contributed by atoms with Crippen molar-refractivity contribution < 1.29 is 9.53 Å². The Hall–Kier alpha value is -0.220. The minimum absolute atomic E-state index is 0.142. The van der Waals surface area contributed by atoms with Crippen LogP contribution in [0.1, 0.15) is 27.2 Å². The summed E-state index contributed by atoms with van der Waals surface area (Å²) < 4.78 is 5.13. The van der Waals surface area contributed by atoms with Crippen LogP contribution in [0.5, 0.6) is 0 Å². The second-order valence-corrected chi connectivity index (χ2v) is 4.96. The van der Waals surface area contributed by atoms with Gasteiger partial charge in [0, 0.05) is 6.54 Å². The van der Waals surface area contributed by atoms with Crippen molar-refractivity contribution >= 4 is 17.7 Å². The molecule has 0 bridgehead atoms. The molecular formula is C11H23NO2S. The van der Waals surface area contributed by atoms with Gasteiger partial charge in [0.25, 0.3) is 0 Å². The first-order chi connectivity index (χ1) is 7.05. The van der Waals surface area contributed by atoms with Crippen LogP contribution in [0.2, 0.25) is 0 Å². The third-order valence-corrected chi connectivity index (χ3v) is 3.52. The SMILES string of the molecule is CCOC(=O)C(CN)(CCSC)C(C)C. The van der Waals surface area contributed by atoms with Crippen molar-refractivity contribution in [3.8, 4) is 0 Å². The van der Waals surface area contributed by atoms with E-state index in [1.165, 1.54) is 0 Å². The molecule has 1 unspecified atom stereocenters. The van der Waals surface area contributed by atoms with Gasteiger partial charge in [-0.15, -0.1) is 0 Å². The molecule has 1 atom stereocenters. The Morgan fingerprint density at radius 3 is 2.47 bits per heavy atom. The third-order valence-electron chi connectivity index (χ3n) is 2.90. The van der Waals surface area contributed by atoms with E-state index in [0.717, 1.165) is 12.2 Å². The highest BCUT2D eigenvalue weighted by Gasteiger charge is 2.41. The molecule has 0 radical (unpaired) electrons. The molecule has 0 fully saturated rings. The summed E-state index contributed by atoms with van der Waals surface area (Å²) in [6.45, 7) is 6.68. The molecule has 0 aliphatic heterocycles. The van der Waals surface area contributed by atoms with Gasteiger partial charge in [0.05, 0.1) is 12.0 Å². The average molecular weight is 233 g/mol. The average Bonchev–Trinajstić information content (AvgIpc) is 2.19. The van der Waals surface area contributed by atoms with Crippen LogP contribution >= 0.6 is 11.8 Å². The van der Waals surface area contributed by atoms with Gasteiger partial charge in [-0.1, -0.05) is 13.8 Å². The maximum atomic E-state index is 11.9. The van der Waals surface area contributed by atoms with Gasteiger partial charge in [0.2, 0.25) is 0 Å². The summed E-state index contributed by atoms with van der Waals surface area (Å²) in [5, 5.41) is 0. The first-order valence-corrected chi connectivity index (χ1v) is 6.80. The van der Waals surface area contributed by atoms with Crippen molar-refractivity contribution in [2.24, 2.45) is 17.1 Å². The van der Waals surface area contributed by atoms with E-state index in [1.807, 2.05) is 27.0 Å². The van der Waals surface area contributed by atoms with E-state index in [4.69, 9.17) is 10.5 Å². The molecule has 0 heterocycles. The summed E-state index contributed by atoms with van der Waals surface area (Å²) in [4.78, 5) is 11.9. The van der Waals surface area contributed by atoms with Crippen molar-refractivity contribution in [1.82, 2.24) is 0 Å². The van der Waals surface area contributed by atoms with Gasteiger partial charge in [0.15, 0.2) is 0 Å². The number of carbonyl (C=O) groups is 1. The van der Waals surface area contributed by atoms with Crippen molar-refractivity contribution in [3.05, 3.63) is 0 Å². The second-order valence-electron chi connectivity index (χ2n) is 3.98. The number of nitrogens with two attached hydrogens (primary N) is 1. The van der Waals surface area contributed by atoms with Gasteiger partial charge in [-0.3, -0.25) is 4.79 Å². The van der Waals surface area contributed by atoms with Crippen LogP contribution < -0.4 is 5.73 Å². The maximum Gasteiger partial charge on any atom is 0.313 e. The molecule has 2 N–H and O–H groups in total. The zero-order valence-corrected chi connectivity index (χ0v) is 11.0. The summed E-state index contributed by atoms with van der Waals surface area (Å²) >= 11 is 1.73. The molecule has 90 valence electrons. The third kappa shape index (κ3) is 3.68. The number of hydrogen-bond donors (Lipinski definition) is 1. The quantitative estimate of drug-likeness (QED) is 0.682. The highest BCUT2D eigenvalue weighted by atomic mass is 32.2. The molecular weight excluding hydrogens is 210 g/mol. The van der Waals surface area contributed by atoms with Crippen LogP contribution in [-0.2, 0) is 9.53 Å². The molecule has 4 heteroatoms. The lowest BCUT2D eigenvalue weighted by Crippen LogP contribution is -2.44. The van der Waals surface area contributed by atoms with Crippen molar-refractivity contribution in [2.75, 3.05) is 25.2 Å². The maximum absolute atomic E-state index is 11.9. The largest absolute Gasteiger partial charge is 0.466 e. The smallest absolute Gasteiger partial charge is 0.313 e. The van der Waals surface area contributed by atoms with E-state index in [1.54, 1.807) is 11.8 Å². The predicted octanol–water partition coefficient (Wildman–Crippen LogP) is 1.90. The fourth-order valence-corrected chi connectivity index (χ4v) is 2.17. The zero-order chi connectivity index (χ0) is 11.9. The number of carbonyl (C=O) groups excluding carboxylic acids is 1. The molecule has 0 spiro atoms. The molecule has 0 aromatic carbocycles. The van der Waals surface area contributed by atoms with E-state index in [-0.39, 0.29) is 11.9 Å². The fraction of sp³-hybridized carbons (Fsp3) is 0.909.